The number of aliphatic hydroxyl groups excluding tert-OH is 1. The Kier molecular flexibility index (Phi) is 11.5. The van der Waals surface area contributed by atoms with Crippen LogP contribution >= 0.6 is 0 Å². The standard InChI is InChI=1S/C34H46N4O5S/c1-24(2)18-34(41)38(36-33(40)21-35-29-15-16-29)31(19-26-10-6-5-7-11-26)32(39)23-37(22-25(3)4)44(42,43)30-17-14-27-12-8-9-13-28(27)20-30/h5-14,17,20,24-25,29,31-32,35,39H,15-16,18-19,21-23H2,1-4H3,(H,36,40)/t31?,32-/m1/s1. The highest BCUT2D eigenvalue weighted by atomic mass is 32.2. The molecule has 0 spiro atoms. The number of fused-ring (bicyclic) bond motifs is 1. The van der Waals surface area contributed by atoms with E-state index >= 15 is 0 Å². The summed E-state index contributed by atoms with van der Waals surface area (Å²) in [7, 11) is -4.02. The maximum Gasteiger partial charge on any atom is 0.252 e. The number of rotatable bonds is 15. The molecular formula is C34H46N4O5S. The Labute approximate surface area is 261 Å². The molecule has 1 unspecified atom stereocenters. The van der Waals surface area contributed by atoms with E-state index < -0.39 is 22.2 Å². The second-order valence-corrected chi connectivity index (χ2v) is 14.5. The topological polar surface area (TPSA) is 119 Å². The van der Waals surface area contributed by atoms with Crippen LogP contribution in [0.4, 0.5) is 0 Å². The quantitative estimate of drug-likeness (QED) is 0.220. The van der Waals surface area contributed by atoms with Gasteiger partial charge in [-0.2, -0.15) is 4.31 Å². The molecule has 0 radical (unpaired) electrons. The van der Waals surface area contributed by atoms with Gasteiger partial charge in [-0.05, 0) is 59.6 Å². The van der Waals surface area contributed by atoms with Crippen molar-refractivity contribution in [2.45, 2.75) is 76.5 Å². The monoisotopic (exact) mass is 622 g/mol. The van der Waals surface area contributed by atoms with E-state index in [1.807, 2.05) is 82.3 Å². The first-order chi connectivity index (χ1) is 20.9. The van der Waals surface area contributed by atoms with Gasteiger partial charge in [0.1, 0.15) is 0 Å². The third kappa shape index (κ3) is 9.34. The first-order valence-electron chi connectivity index (χ1n) is 15.5. The van der Waals surface area contributed by atoms with Gasteiger partial charge in [0.05, 0.1) is 23.6 Å². The van der Waals surface area contributed by atoms with E-state index in [0.717, 1.165) is 29.2 Å². The van der Waals surface area contributed by atoms with Crippen molar-refractivity contribution >= 4 is 32.6 Å². The number of amides is 2. The van der Waals surface area contributed by atoms with Crippen molar-refractivity contribution in [3.63, 3.8) is 0 Å². The van der Waals surface area contributed by atoms with Gasteiger partial charge < -0.3 is 10.4 Å². The zero-order valence-electron chi connectivity index (χ0n) is 26.1. The van der Waals surface area contributed by atoms with Crippen molar-refractivity contribution in [2.24, 2.45) is 11.8 Å². The number of sulfonamides is 1. The average molecular weight is 623 g/mol. The predicted molar refractivity (Wildman–Crippen MR) is 173 cm³/mol. The van der Waals surface area contributed by atoms with Crippen LogP contribution in [-0.2, 0) is 26.0 Å². The van der Waals surface area contributed by atoms with Crippen LogP contribution in [0, 0.1) is 11.8 Å². The third-order valence-corrected chi connectivity index (χ3v) is 9.43. The molecule has 2 atom stereocenters. The second-order valence-electron chi connectivity index (χ2n) is 12.6. The molecule has 1 aliphatic carbocycles. The maximum absolute atomic E-state index is 14.1. The smallest absolute Gasteiger partial charge is 0.252 e. The van der Waals surface area contributed by atoms with Gasteiger partial charge in [0, 0.05) is 25.6 Å². The van der Waals surface area contributed by atoms with Gasteiger partial charge >= 0.3 is 0 Å². The van der Waals surface area contributed by atoms with E-state index in [9.17, 15) is 23.1 Å². The normalized spacial score (nSPS) is 15.1. The molecule has 2 amide bonds. The Balaban J connectivity index is 1.67. The van der Waals surface area contributed by atoms with Gasteiger partial charge in [-0.25, -0.2) is 13.4 Å². The van der Waals surface area contributed by atoms with E-state index in [2.05, 4.69) is 10.7 Å². The van der Waals surface area contributed by atoms with Gasteiger partial charge in [0.25, 0.3) is 5.91 Å². The summed E-state index contributed by atoms with van der Waals surface area (Å²) in [6.07, 6.45) is 1.08. The van der Waals surface area contributed by atoms with Crippen LogP contribution in [0.1, 0.15) is 52.5 Å². The minimum absolute atomic E-state index is 0.00623. The summed E-state index contributed by atoms with van der Waals surface area (Å²) in [5.41, 5.74) is 3.61. The van der Waals surface area contributed by atoms with Crippen molar-refractivity contribution in [1.29, 1.82) is 0 Å². The van der Waals surface area contributed by atoms with E-state index in [1.54, 1.807) is 18.2 Å². The Morgan fingerprint density at radius 1 is 0.886 bits per heavy atom. The van der Waals surface area contributed by atoms with Crippen LogP contribution < -0.4 is 10.7 Å². The molecule has 3 aromatic carbocycles. The molecule has 1 saturated carbocycles. The summed E-state index contributed by atoms with van der Waals surface area (Å²) in [5, 5.41) is 18.0. The number of hydrazine groups is 1. The molecule has 0 heterocycles. The molecule has 9 nitrogen and oxygen atoms in total. The molecule has 0 aromatic heterocycles. The summed E-state index contributed by atoms with van der Waals surface area (Å²) < 4.78 is 29.4. The van der Waals surface area contributed by atoms with Crippen LogP contribution in [-0.4, -0.2) is 72.5 Å². The molecule has 0 bridgehead atoms. The first kappa shape index (κ1) is 33.6. The fraction of sp³-hybridized carbons (Fsp3) is 0.471. The zero-order chi connectivity index (χ0) is 31.9. The summed E-state index contributed by atoms with van der Waals surface area (Å²) in [4.78, 5) is 26.8. The minimum atomic E-state index is -4.02. The SMILES string of the molecule is CC(C)CC(=O)N(NC(=O)CNC1CC1)C(Cc1ccccc1)[C@H](O)CN(CC(C)C)S(=O)(=O)c1ccc2ccccc2c1. The predicted octanol–water partition coefficient (Wildman–Crippen LogP) is 4.12. The lowest BCUT2D eigenvalue weighted by atomic mass is 9.99. The van der Waals surface area contributed by atoms with Crippen molar-refractivity contribution in [3.8, 4) is 0 Å². The van der Waals surface area contributed by atoms with Crippen LogP contribution in [0.3, 0.4) is 0 Å². The van der Waals surface area contributed by atoms with E-state index in [-0.39, 0.29) is 61.0 Å². The molecule has 238 valence electrons. The Bertz CT molecular complexity index is 1510. The number of nitrogens with one attached hydrogen (secondary N) is 2. The average Bonchev–Trinajstić information content (AvgIpc) is 3.82. The van der Waals surface area contributed by atoms with Gasteiger partial charge in [-0.1, -0.05) is 88.4 Å². The number of hydrogen-bond acceptors (Lipinski definition) is 6. The van der Waals surface area contributed by atoms with Crippen LogP contribution in [0.15, 0.2) is 77.7 Å². The third-order valence-electron chi connectivity index (χ3n) is 7.61. The highest BCUT2D eigenvalue weighted by Gasteiger charge is 2.36. The lowest BCUT2D eigenvalue weighted by Crippen LogP contribution is -2.60. The molecule has 0 aliphatic heterocycles. The zero-order valence-corrected chi connectivity index (χ0v) is 27.0. The summed E-state index contributed by atoms with van der Waals surface area (Å²) in [5.74, 6) is -0.752. The maximum atomic E-state index is 14.1. The lowest BCUT2D eigenvalue weighted by Gasteiger charge is -2.37. The molecule has 1 fully saturated rings. The van der Waals surface area contributed by atoms with Crippen LogP contribution in [0.2, 0.25) is 0 Å². The van der Waals surface area contributed by atoms with Gasteiger partial charge in [-0.3, -0.25) is 15.0 Å². The first-order valence-corrected chi connectivity index (χ1v) is 16.9. The fourth-order valence-corrected chi connectivity index (χ4v) is 6.87. The summed E-state index contributed by atoms with van der Waals surface area (Å²) >= 11 is 0. The summed E-state index contributed by atoms with van der Waals surface area (Å²) in [6, 6.07) is 21.3. The lowest BCUT2D eigenvalue weighted by molar-refractivity contribution is -0.148. The largest absolute Gasteiger partial charge is 0.390 e. The van der Waals surface area contributed by atoms with E-state index in [4.69, 9.17) is 0 Å². The number of hydrogen-bond donors (Lipinski definition) is 3. The molecule has 4 rings (SSSR count). The van der Waals surface area contributed by atoms with Crippen molar-refractivity contribution < 1.29 is 23.1 Å². The molecule has 1 aliphatic rings. The molecule has 3 aromatic rings. The molecular weight excluding hydrogens is 576 g/mol. The molecule has 44 heavy (non-hydrogen) atoms. The van der Waals surface area contributed by atoms with E-state index in [1.165, 1.54) is 9.31 Å². The van der Waals surface area contributed by atoms with Gasteiger partial charge in [0.15, 0.2) is 0 Å². The van der Waals surface area contributed by atoms with Crippen molar-refractivity contribution in [1.82, 2.24) is 20.1 Å². The Morgan fingerprint density at radius 2 is 1.55 bits per heavy atom. The number of benzene rings is 3. The van der Waals surface area contributed by atoms with Crippen LogP contribution in [0.25, 0.3) is 10.8 Å². The molecule has 10 heteroatoms. The van der Waals surface area contributed by atoms with Gasteiger partial charge in [0.2, 0.25) is 15.9 Å². The molecule has 3 N–H and O–H groups in total. The Morgan fingerprint density at radius 3 is 2.18 bits per heavy atom. The number of aliphatic hydroxyl groups is 1. The van der Waals surface area contributed by atoms with Crippen LogP contribution in [0.5, 0.6) is 0 Å². The Hall–Kier alpha value is -3.31. The highest BCUT2D eigenvalue weighted by molar-refractivity contribution is 7.89. The summed E-state index contributed by atoms with van der Waals surface area (Å²) in [6.45, 7) is 7.62. The molecule has 0 saturated heterocycles. The minimum Gasteiger partial charge on any atom is -0.390 e. The highest BCUT2D eigenvalue weighted by Crippen LogP contribution is 2.25. The number of carbonyl (C=O) groups excluding carboxylic acids is 2. The van der Waals surface area contributed by atoms with Crippen molar-refractivity contribution in [2.75, 3.05) is 19.6 Å². The fourth-order valence-electron chi connectivity index (χ4n) is 5.22. The number of nitrogens with zero attached hydrogens (tertiary/aromatic N) is 2. The number of carbonyl (C=O) groups is 2. The second kappa shape index (κ2) is 15.1. The van der Waals surface area contributed by atoms with E-state index in [0.29, 0.717) is 6.04 Å². The van der Waals surface area contributed by atoms with Crippen molar-refractivity contribution in [3.05, 3.63) is 78.4 Å². The van der Waals surface area contributed by atoms with Gasteiger partial charge in [-0.15, -0.1) is 0 Å².